The number of rotatable bonds is 11. The molecule has 6 N–H and O–H groups in total. The van der Waals surface area contributed by atoms with Crippen molar-refractivity contribution in [3.63, 3.8) is 0 Å². The second kappa shape index (κ2) is 41.0. The smallest absolute Gasteiger partial charge is 0.679 e. The van der Waals surface area contributed by atoms with Gasteiger partial charge in [-0.25, -0.2) is 4.79 Å². The third-order valence-electron chi connectivity index (χ3n) is 3.23. The molecular weight excluding hydrogens is 591 g/mol. The second-order valence-electron chi connectivity index (χ2n) is 6.68. The Labute approximate surface area is 213 Å². The molecule has 32 heavy (non-hydrogen) atoms. The van der Waals surface area contributed by atoms with Crippen molar-refractivity contribution in [3.05, 3.63) is 24.2 Å². The Hall–Kier alpha value is -0.282. The van der Waals surface area contributed by atoms with Crippen molar-refractivity contribution in [1.29, 1.82) is 0 Å². The van der Waals surface area contributed by atoms with Gasteiger partial charge in [0.25, 0.3) is 0 Å². The van der Waals surface area contributed by atoms with E-state index < -0.39 is 0 Å². The zero-order chi connectivity index (χ0) is 23.3. The molecule has 1 saturated heterocycles. The molecule has 2 amide bonds. The van der Waals surface area contributed by atoms with E-state index >= 15 is 0 Å². The average molecular weight is 644 g/mol. The van der Waals surface area contributed by atoms with Gasteiger partial charge in [0.15, 0.2) is 0 Å². The van der Waals surface area contributed by atoms with Gasteiger partial charge < -0.3 is 50.1 Å². The van der Waals surface area contributed by atoms with Gasteiger partial charge in [-0.15, -0.1) is 13.1 Å². The van der Waals surface area contributed by atoms with Crippen LogP contribution in [-0.2, 0) is 30.5 Å². The van der Waals surface area contributed by atoms with Crippen LogP contribution in [0.15, 0.2) is 0 Å². The predicted octanol–water partition coefficient (Wildman–Crippen LogP) is 4.43. The monoisotopic (exact) mass is 643 g/mol. The molecule has 1 fully saturated rings. The van der Waals surface area contributed by atoms with E-state index in [1.54, 1.807) is 0 Å². The van der Waals surface area contributed by atoms with Gasteiger partial charge in [0, 0.05) is 19.6 Å². The number of urea groups is 1. The summed E-state index contributed by atoms with van der Waals surface area (Å²) < 4.78 is 10.5. The number of ether oxygens (including phenoxy) is 2. The van der Waals surface area contributed by atoms with Gasteiger partial charge in [0.2, 0.25) is 0 Å². The molecule has 10 heteroatoms. The molecule has 0 saturated carbocycles. The minimum atomic E-state index is -0.129. The summed E-state index contributed by atoms with van der Waals surface area (Å²) in [6.45, 7) is 14.7. The van der Waals surface area contributed by atoms with Crippen LogP contribution in [0.3, 0.4) is 0 Å². The van der Waals surface area contributed by atoms with Crippen molar-refractivity contribution < 1.29 is 35.3 Å². The molecule has 0 aromatic heterocycles. The van der Waals surface area contributed by atoms with Crippen LogP contribution in [0, 0.1) is 13.3 Å². The first-order valence-corrected chi connectivity index (χ1v) is 11.4. The minimum absolute atomic E-state index is 0. The quantitative estimate of drug-likeness (QED) is 0.226. The molecule has 0 bridgehead atoms. The molecule has 1 aliphatic rings. The number of nitrogens with one attached hydrogen (secondary N) is 4. The van der Waals surface area contributed by atoms with E-state index in [-0.39, 0.29) is 47.6 Å². The molecule has 0 atom stereocenters. The molecule has 0 aromatic carbocycles. The molecule has 0 aromatic rings. The second-order valence-corrected chi connectivity index (χ2v) is 6.68. The summed E-state index contributed by atoms with van der Waals surface area (Å²) in [5.74, 6) is 0.564. The maximum absolute atomic E-state index is 11.5. The van der Waals surface area contributed by atoms with Crippen molar-refractivity contribution in [1.82, 2.24) is 10.6 Å². The summed E-state index contributed by atoms with van der Waals surface area (Å²) in [7, 11) is 0. The molecule has 0 aliphatic carbocycles. The zero-order valence-corrected chi connectivity index (χ0v) is 23.5. The van der Waals surface area contributed by atoms with Crippen LogP contribution in [0.25, 0.3) is 16.8 Å². The fraction of sp³-hybridized carbons (Fsp3) is 0.909. The topological polar surface area (TPSA) is 147 Å². The molecule has 1 rings (SSSR count). The molecule has 1 aliphatic heterocycles. The summed E-state index contributed by atoms with van der Waals surface area (Å²) in [6.07, 6.45) is 4.65. The summed E-state index contributed by atoms with van der Waals surface area (Å²) in [5, 5.41) is 9.94. The van der Waals surface area contributed by atoms with Crippen molar-refractivity contribution in [2.45, 2.75) is 53.4 Å². The molecule has 1 heterocycles. The number of carbonyl (C=O) groups is 1. The fourth-order valence-corrected chi connectivity index (χ4v) is 1.95. The molecule has 0 radical (unpaired) electrons. The molecular formula is C22H52N6O3Pt. The maximum Gasteiger partial charge on any atom is 4.00 e. The number of hydrogen-bond donors (Lipinski definition) is 3. The van der Waals surface area contributed by atoms with E-state index in [1.165, 1.54) is 12.8 Å². The van der Waals surface area contributed by atoms with Crippen LogP contribution in [0.5, 0.6) is 0 Å². The number of piperidine rings is 1. The number of amides is 2. The van der Waals surface area contributed by atoms with Crippen molar-refractivity contribution >= 4 is 6.03 Å². The number of hydrogen-bond acceptors (Lipinski definition) is 4. The van der Waals surface area contributed by atoms with Crippen LogP contribution in [0.4, 0.5) is 4.79 Å². The zero-order valence-electron chi connectivity index (χ0n) is 21.2. The number of nitrogens with two attached hydrogens (primary N) is 1. The predicted molar refractivity (Wildman–Crippen MR) is 135 cm³/mol. The Balaban J connectivity index is -0.000000172. The minimum Gasteiger partial charge on any atom is -0.679 e. The third-order valence-corrected chi connectivity index (χ3v) is 3.23. The first-order chi connectivity index (χ1) is 14.6. The van der Waals surface area contributed by atoms with Gasteiger partial charge in [0.05, 0.1) is 26.4 Å². The van der Waals surface area contributed by atoms with E-state index in [0.29, 0.717) is 45.4 Å². The summed E-state index contributed by atoms with van der Waals surface area (Å²) >= 11 is 0. The van der Waals surface area contributed by atoms with E-state index in [2.05, 4.69) is 43.6 Å². The summed E-state index contributed by atoms with van der Waals surface area (Å²) in [4.78, 5) is 11.5. The Bertz CT molecular complexity index is 309. The molecule has 0 unspecified atom stereocenters. The number of carbonyl (C=O) groups excluding carboxylic acids is 1. The van der Waals surface area contributed by atoms with Crippen LogP contribution in [0.2, 0.25) is 0 Å². The van der Waals surface area contributed by atoms with Crippen LogP contribution in [0.1, 0.15) is 53.4 Å². The van der Waals surface area contributed by atoms with E-state index in [1.807, 2.05) is 0 Å². The Morgan fingerprint density at radius 1 is 0.938 bits per heavy atom. The van der Waals surface area contributed by atoms with E-state index in [0.717, 1.165) is 32.5 Å². The molecule has 198 valence electrons. The Kier molecular flexibility index (Phi) is 53.7. The van der Waals surface area contributed by atoms with Gasteiger partial charge in [-0.05, 0) is 5.92 Å². The number of nitrogens with zero attached hydrogens (tertiary/aromatic N) is 1. The standard InChI is InChI=1S/C13H27N4O3.2C3H8.C2H6N2.CH3.Pt/c14-3-7-19-9-10-20-8-6-16-13(18)17-11-12-1-4-15-5-2-12;2*1-3-2;3-1-2-4;;/h12H,1-11,14H2,(H2,16,17,18);2*3H2,1-2H3;3-4H,1-2H2;1H3;/q-1;;;-2;-1;+4. The van der Waals surface area contributed by atoms with Gasteiger partial charge >= 0.3 is 27.1 Å². The molecule has 9 nitrogen and oxygen atoms in total. The fourth-order valence-electron chi connectivity index (χ4n) is 1.95. The normalized spacial score (nSPS) is 12.1. The van der Waals surface area contributed by atoms with E-state index in [9.17, 15) is 4.79 Å². The van der Waals surface area contributed by atoms with Crippen molar-refractivity contribution in [3.8, 4) is 0 Å². The average Bonchev–Trinajstić information content (AvgIpc) is 2.76. The van der Waals surface area contributed by atoms with Gasteiger partial charge in [0.1, 0.15) is 0 Å². The SMILES string of the molecule is CCC.CCC.NCCOCCOCCNC(=O)NCC1CC[N-]CC1.[CH3-].[NH-]CC[NH-].[Pt+4]. The summed E-state index contributed by atoms with van der Waals surface area (Å²) in [5.41, 5.74) is 17.8. The van der Waals surface area contributed by atoms with Crippen LogP contribution in [-0.4, -0.2) is 78.3 Å². The van der Waals surface area contributed by atoms with Crippen molar-refractivity contribution in [2.24, 2.45) is 11.7 Å². The first-order valence-electron chi connectivity index (χ1n) is 11.4. The van der Waals surface area contributed by atoms with Gasteiger partial charge in [-0.2, -0.15) is 13.1 Å². The van der Waals surface area contributed by atoms with Crippen molar-refractivity contribution in [2.75, 3.05) is 72.2 Å². The Morgan fingerprint density at radius 3 is 1.84 bits per heavy atom. The van der Waals surface area contributed by atoms with Crippen LogP contribution >= 0.6 is 0 Å². The maximum atomic E-state index is 11.5. The molecule has 0 spiro atoms. The van der Waals surface area contributed by atoms with Gasteiger partial charge in [-0.3, -0.25) is 0 Å². The third kappa shape index (κ3) is 43.6. The Morgan fingerprint density at radius 2 is 1.41 bits per heavy atom. The largest absolute Gasteiger partial charge is 4.00 e. The first kappa shape index (κ1) is 41.9. The van der Waals surface area contributed by atoms with Gasteiger partial charge in [-0.1, -0.05) is 53.4 Å². The van der Waals surface area contributed by atoms with Crippen LogP contribution < -0.4 is 16.4 Å². The van der Waals surface area contributed by atoms with E-state index in [4.69, 9.17) is 26.7 Å². The summed E-state index contributed by atoms with van der Waals surface area (Å²) in [6, 6.07) is -0.129.